The fourth-order valence-corrected chi connectivity index (χ4v) is 34.5. The van der Waals surface area contributed by atoms with Gasteiger partial charge in [-0.05, 0) is 114 Å². The van der Waals surface area contributed by atoms with E-state index < -0.39 is 16.1 Å². The lowest BCUT2D eigenvalue weighted by molar-refractivity contribution is 0.0430. The van der Waals surface area contributed by atoms with E-state index in [0.717, 1.165) is 0 Å². The third kappa shape index (κ3) is 5.07. The molecule has 2 nitrogen and oxygen atoms in total. The van der Waals surface area contributed by atoms with Crippen molar-refractivity contribution in [3.8, 4) is 0 Å². The van der Waals surface area contributed by atoms with E-state index in [1.165, 1.54) is 100 Å². The highest BCUT2D eigenvalue weighted by molar-refractivity contribution is 6.91. The van der Waals surface area contributed by atoms with Crippen LogP contribution in [0.1, 0.15) is 102 Å². The van der Waals surface area contributed by atoms with Gasteiger partial charge >= 0.3 is 0 Å². The maximum atomic E-state index is 8.14. The van der Waals surface area contributed by atoms with E-state index in [9.17, 15) is 0 Å². The molecular formula is C76H66O2Si2. The molecule has 0 N–H and O–H groups in total. The van der Waals surface area contributed by atoms with Gasteiger partial charge in [0.25, 0.3) is 0 Å². The third-order valence-electron chi connectivity index (χ3n) is 23.2. The summed E-state index contributed by atoms with van der Waals surface area (Å²) in [5.74, 6) is 0.786. The molecule has 0 aromatic heterocycles. The van der Waals surface area contributed by atoms with Crippen molar-refractivity contribution < 1.29 is 9.47 Å². The molecule has 80 heavy (non-hydrogen) atoms. The zero-order valence-corrected chi connectivity index (χ0v) is 48.5. The summed E-state index contributed by atoms with van der Waals surface area (Å²) in [7, 11) is -5.32. The van der Waals surface area contributed by atoms with Crippen molar-refractivity contribution in [2.24, 2.45) is 23.7 Å². The first kappa shape index (κ1) is 47.6. The number of fused-ring (bicyclic) bond motifs is 24. The Balaban J connectivity index is 0.965. The minimum absolute atomic E-state index is 0.0958. The Hall–Kier alpha value is -7.19. The van der Waals surface area contributed by atoms with Gasteiger partial charge < -0.3 is 9.47 Å². The number of allylic oxidation sites excluding steroid dienone is 4. The third-order valence-corrected chi connectivity index (χ3v) is 34.6. The van der Waals surface area contributed by atoms with Crippen molar-refractivity contribution in [1.29, 1.82) is 0 Å². The number of hydrogen-bond donors (Lipinski definition) is 0. The number of hydrogen-bond acceptors (Lipinski definition) is 2. The lowest BCUT2D eigenvalue weighted by Crippen LogP contribution is -2.57. The molecule has 4 saturated heterocycles. The van der Waals surface area contributed by atoms with Crippen molar-refractivity contribution in [1.82, 2.24) is 0 Å². The molecule has 17 rings (SSSR count). The topological polar surface area (TPSA) is 18.5 Å². The fraction of sp³-hybridized carbons (Fsp3) is 0.237. The Labute approximate surface area is 473 Å². The molecule has 0 radical (unpaired) electrons. The second-order valence-electron chi connectivity index (χ2n) is 25.9. The molecule has 0 unspecified atom stereocenters. The second-order valence-corrected chi connectivity index (χ2v) is 35.5. The Morgan fingerprint density at radius 3 is 0.625 bits per heavy atom. The number of rotatable bonds is 8. The normalized spacial score (nSPS) is 32.6. The average Bonchev–Trinajstić information content (AvgIpc) is 3.68. The summed E-state index contributed by atoms with van der Waals surface area (Å²) in [6.07, 6.45) is -0.383. The van der Waals surface area contributed by atoms with Crippen LogP contribution in [0.2, 0.25) is 26.2 Å². The van der Waals surface area contributed by atoms with Gasteiger partial charge in [0.1, 0.15) is 0 Å². The van der Waals surface area contributed by atoms with Crippen LogP contribution in [0.25, 0.3) is 22.3 Å². The van der Waals surface area contributed by atoms with E-state index in [0.29, 0.717) is 0 Å². The maximum absolute atomic E-state index is 8.14. The quantitative estimate of drug-likeness (QED) is 0.141. The largest absolute Gasteiger partial charge is 0.365 e. The SMILES string of the molecule is Cc1c2c(c(C)c3c1[C@@H]1O[C@H]3[C@@H]3[C@H]1[C@]1(c4ccccc4)C(c4ccccc4)=C(c4ccccc4)[C@@]3(c3ccccc3)[Si]1(C)C)[C@@H]1O[C@H]2[C@@H]2[C@H]1[C@]1(c3ccccc3)C(c3ccccc3)=C(c3ccccc3)[C@@]2(c2ccccc2)[Si]1(C)C. The molecule has 4 fully saturated rings. The van der Waals surface area contributed by atoms with Crippen LogP contribution in [0, 0.1) is 37.5 Å². The van der Waals surface area contributed by atoms with E-state index in [1.54, 1.807) is 0 Å². The fourth-order valence-electron chi connectivity index (χ4n) is 21.4. The van der Waals surface area contributed by atoms with Gasteiger partial charge in [-0.15, -0.1) is 0 Å². The lowest BCUT2D eigenvalue weighted by Gasteiger charge is -2.49. The summed E-state index contributed by atoms with van der Waals surface area (Å²) >= 11 is 0. The molecule has 4 heteroatoms. The number of benzene rings is 9. The molecule has 12 atom stereocenters. The van der Waals surface area contributed by atoms with Crippen LogP contribution in [0.5, 0.6) is 0 Å². The van der Waals surface area contributed by atoms with Crippen molar-refractivity contribution in [2.75, 3.05) is 0 Å². The van der Waals surface area contributed by atoms with Gasteiger partial charge in [-0.3, -0.25) is 0 Å². The summed E-state index contributed by atoms with van der Waals surface area (Å²) in [6, 6.07) is 93.7. The summed E-state index contributed by atoms with van der Waals surface area (Å²) in [5, 5.41) is -1.22. The van der Waals surface area contributed by atoms with E-state index >= 15 is 0 Å². The molecule has 9 aromatic rings. The summed E-state index contributed by atoms with van der Waals surface area (Å²) in [5.41, 5.74) is 26.0. The van der Waals surface area contributed by atoms with Crippen molar-refractivity contribution in [2.45, 2.75) is 84.6 Å². The van der Waals surface area contributed by atoms with E-state index in [2.05, 4.69) is 283 Å². The van der Waals surface area contributed by atoms with Crippen molar-refractivity contribution in [3.05, 3.63) is 321 Å². The predicted octanol–water partition coefficient (Wildman–Crippen LogP) is 17.6. The van der Waals surface area contributed by atoms with Gasteiger partial charge in [0.15, 0.2) is 0 Å². The standard InChI is InChI=1S/C76H66O2Si2/c1-47-57-59(71-67-65(69(57)77-71)73(53-39-23-11-24-40-53)61(49-31-15-7-16-32-49)63(51-35-19-9-20-36-51)75(67,79(73,3)4)55-43-27-13-28-44-55)48(2)60-58(47)70-66-68(72(60)78-70)76(56-45-29-14-30-46-56)64(52-37-21-10-22-38-52)62(50-33-17-8-18-34-50)74(66,80(76,5)6)54-41-25-12-26-42-54/h7-46,65-72H,1-6H3/t65-,66+,67+,68-,69+,70-,71-,72+,73+,74-,75-,76+. The lowest BCUT2D eigenvalue weighted by atomic mass is 9.51. The molecule has 9 aromatic carbocycles. The molecule has 8 aliphatic rings. The zero-order chi connectivity index (χ0) is 53.7. The highest BCUT2D eigenvalue weighted by Crippen LogP contribution is 2.88. The van der Waals surface area contributed by atoms with Crippen molar-refractivity contribution >= 4 is 38.4 Å². The molecule has 0 aliphatic carbocycles. The van der Waals surface area contributed by atoms with E-state index in [1.807, 2.05) is 0 Å². The molecule has 0 saturated carbocycles. The summed E-state index contributed by atoms with van der Waals surface area (Å²) in [6.45, 7) is 16.2. The summed E-state index contributed by atoms with van der Waals surface area (Å²) in [4.78, 5) is 0. The van der Waals surface area contributed by atoms with E-state index in [4.69, 9.17) is 9.47 Å². The van der Waals surface area contributed by atoms with Gasteiger partial charge in [0.05, 0.1) is 40.6 Å². The van der Waals surface area contributed by atoms with Crippen LogP contribution in [-0.4, -0.2) is 16.1 Å². The maximum Gasteiger partial charge on any atom is 0.0881 e. The van der Waals surface area contributed by atoms with Crippen LogP contribution in [0.15, 0.2) is 243 Å². The monoisotopic (exact) mass is 1070 g/mol. The molecule has 8 heterocycles. The average molecular weight is 1070 g/mol. The molecule has 8 bridgehead atoms. The Bertz CT molecular complexity index is 3550. The van der Waals surface area contributed by atoms with Gasteiger partial charge in [0.2, 0.25) is 0 Å². The molecule has 0 spiro atoms. The predicted molar refractivity (Wildman–Crippen MR) is 330 cm³/mol. The van der Waals surface area contributed by atoms with Gasteiger partial charge in [-0.25, -0.2) is 0 Å². The van der Waals surface area contributed by atoms with Crippen LogP contribution >= 0.6 is 0 Å². The Morgan fingerprint density at radius 2 is 0.438 bits per heavy atom. The van der Waals surface area contributed by atoms with Gasteiger partial charge in [0, 0.05) is 43.8 Å². The van der Waals surface area contributed by atoms with E-state index in [-0.39, 0.29) is 68.2 Å². The van der Waals surface area contributed by atoms with Crippen LogP contribution < -0.4 is 0 Å². The first-order chi connectivity index (χ1) is 39.1. The minimum Gasteiger partial charge on any atom is -0.365 e. The highest BCUT2D eigenvalue weighted by Gasteiger charge is 2.88. The summed E-state index contributed by atoms with van der Waals surface area (Å²) < 4.78 is 16.3. The van der Waals surface area contributed by atoms with Gasteiger partial charge in [-0.2, -0.15) is 0 Å². The second kappa shape index (κ2) is 16.3. The van der Waals surface area contributed by atoms with Crippen LogP contribution in [0.3, 0.4) is 0 Å². The Kier molecular flexibility index (Phi) is 9.68. The van der Waals surface area contributed by atoms with Crippen LogP contribution in [-0.2, 0) is 29.6 Å². The molecular weight excluding hydrogens is 1000 g/mol. The van der Waals surface area contributed by atoms with Crippen molar-refractivity contribution in [3.63, 3.8) is 0 Å². The Morgan fingerprint density at radius 1 is 0.263 bits per heavy atom. The van der Waals surface area contributed by atoms with Gasteiger partial charge in [-0.1, -0.05) is 269 Å². The smallest absolute Gasteiger partial charge is 0.0881 e. The first-order valence-corrected chi connectivity index (χ1v) is 35.5. The molecule has 390 valence electrons. The minimum atomic E-state index is -2.66. The molecule has 0 amide bonds. The van der Waals surface area contributed by atoms with Crippen LogP contribution in [0.4, 0.5) is 0 Å². The zero-order valence-electron chi connectivity index (χ0n) is 46.5. The number of ether oxygens (including phenoxy) is 2. The highest BCUT2D eigenvalue weighted by atomic mass is 28.3. The molecule has 8 aliphatic heterocycles. The first-order valence-electron chi connectivity index (χ1n) is 29.5.